The molecule has 0 saturated carbocycles. The summed E-state index contributed by atoms with van der Waals surface area (Å²) in [4.78, 5) is 10.7. The van der Waals surface area contributed by atoms with Crippen molar-refractivity contribution >= 4 is 0 Å². The van der Waals surface area contributed by atoms with Gasteiger partial charge in [-0.3, -0.25) is 4.90 Å². The van der Waals surface area contributed by atoms with E-state index < -0.39 is 6.10 Å². The molecule has 0 fully saturated rings. The van der Waals surface area contributed by atoms with Crippen molar-refractivity contribution in [3.8, 4) is 11.6 Å². The number of hydrogen-bond donors (Lipinski definition) is 1. The van der Waals surface area contributed by atoms with Crippen LogP contribution in [0.4, 0.5) is 0 Å². The number of methoxy groups -OCH3 is 1. The largest absolute Gasteiger partial charge is 0.491 e. The molecule has 3 rings (SSSR count). The predicted molar refractivity (Wildman–Crippen MR) is 94.9 cm³/mol. The summed E-state index contributed by atoms with van der Waals surface area (Å²) >= 11 is 0. The Morgan fingerprint density at radius 3 is 2.76 bits per heavy atom. The van der Waals surface area contributed by atoms with Gasteiger partial charge in [0.2, 0.25) is 5.88 Å². The third-order valence-corrected chi connectivity index (χ3v) is 4.48. The normalized spacial score (nSPS) is 15.5. The van der Waals surface area contributed by atoms with Crippen LogP contribution in [0.3, 0.4) is 0 Å². The average Bonchev–Trinajstić information content (AvgIpc) is 2.66. The molecule has 0 saturated heterocycles. The van der Waals surface area contributed by atoms with Gasteiger partial charge in [-0.25, -0.2) is 9.97 Å². The van der Waals surface area contributed by atoms with Crippen LogP contribution in [0.1, 0.15) is 23.7 Å². The van der Waals surface area contributed by atoms with Crippen LogP contribution < -0.4 is 9.47 Å². The van der Waals surface area contributed by atoms with E-state index in [4.69, 9.17) is 9.47 Å². The first-order valence-electron chi connectivity index (χ1n) is 8.68. The summed E-state index contributed by atoms with van der Waals surface area (Å²) in [6, 6.07) is 8.00. The molecular formula is C19H25N3O3. The lowest BCUT2D eigenvalue weighted by Crippen LogP contribution is -2.39. The Balaban J connectivity index is 1.52. The summed E-state index contributed by atoms with van der Waals surface area (Å²) in [7, 11) is 1.62. The number of ether oxygens (including phenoxy) is 2. The molecule has 2 aromatic rings. The second-order valence-electron chi connectivity index (χ2n) is 6.26. The quantitative estimate of drug-likeness (QED) is 0.827. The summed E-state index contributed by atoms with van der Waals surface area (Å²) in [5, 5.41) is 10.3. The van der Waals surface area contributed by atoms with E-state index in [1.165, 1.54) is 5.56 Å². The molecule has 2 heterocycles. The van der Waals surface area contributed by atoms with E-state index in [1.54, 1.807) is 13.4 Å². The summed E-state index contributed by atoms with van der Waals surface area (Å²) < 4.78 is 11.0. The van der Waals surface area contributed by atoms with Crippen LogP contribution in [0, 0.1) is 0 Å². The number of fused-ring (bicyclic) bond motifs is 1. The third-order valence-electron chi connectivity index (χ3n) is 4.48. The lowest BCUT2D eigenvalue weighted by Gasteiger charge is -2.30. The molecule has 1 aromatic carbocycles. The number of β-amino-alcohol motifs (C(OH)–C–C–N with tert-alkyl or cyclic N) is 1. The van der Waals surface area contributed by atoms with Crippen molar-refractivity contribution in [2.45, 2.75) is 32.4 Å². The zero-order chi connectivity index (χ0) is 17.6. The lowest BCUT2D eigenvalue weighted by molar-refractivity contribution is 0.0630. The Kier molecular flexibility index (Phi) is 5.83. The Labute approximate surface area is 148 Å². The van der Waals surface area contributed by atoms with Crippen molar-refractivity contribution in [2.75, 3.05) is 26.8 Å². The first-order valence-corrected chi connectivity index (χ1v) is 8.68. The number of nitrogens with zero attached hydrogens (tertiary/aromatic N) is 3. The summed E-state index contributed by atoms with van der Waals surface area (Å²) in [5.74, 6) is 1.41. The van der Waals surface area contributed by atoms with Gasteiger partial charge >= 0.3 is 0 Å². The number of rotatable bonds is 7. The first kappa shape index (κ1) is 17.6. The number of aliphatic hydroxyl groups is 1. The number of benzene rings is 1. The highest BCUT2D eigenvalue weighted by Crippen LogP contribution is 2.24. The zero-order valence-electron chi connectivity index (χ0n) is 14.8. The van der Waals surface area contributed by atoms with Crippen LogP contribution in [0.2, 0.25) is 0 Å². The standard InChI is InChI=1S/C19H25N3O3/c1-3-14-4-6-16(7-5-14)25-12-15(23)10-22-9-8-18-17(11-22)19(24-2)21-13-20-18/h4-7,13,15,23H,3,8-12H2,1-2H3. The summed E-state index contributed by atoms with van der Waals surface area (Å²) in [6.07, 6.45) is 2.83. The van der Waals surface area contributed by atoms with Gasteiger partial charge in [0.25, 0.3) is 0 Å². The fourth-order valence-electron chi connectivity index (χ4n) is 3.07. The van der Waals surface area contributed by atoms with Crippen molar-refractivity contribution in [1.82, 2.24) is 14.9 Å². The highest BCUT2D eigenvalue weighted by molar-refractivity contribution is 5.31. The zero-order valence-corrected chi connectivity index (χ0v) is 14.8. The number of aromatic nitrogens is 2. The molecule has 1 aromatic heterocycles. The monoisotopic (exact) mass is 343 g/mol. The maximum absolute atomic E-state index is 10.3. The topological polar surface area (TPSA) is 67.7 Å². The van der Waals surface area contributed by atoms with E-state index in [2.05, 4.69) is 33.9 Å². The Bertz CT molecular complexity index is 677. The Morgan fingerprint density at radius 1 is 1.24 bits per heavy atom. The molecule has 6 heteroatoms. The van der Waals surface area contributed by atoms with Gasteiger partial charge in [-0.2, -0.15) is 0 Å². The molecule has 6 nitrogen and oxygen atoms in total. The average molecular weight is 343 g/mol. The molecule has 1 atom stereocenters. The van der Waals surface area contributed by atoms with E-state index in [0.717, 1.165) is 36.4 Å². The molecule has 0 aliphatic carbocycles. The van der Waals surface area contributed by atoms with Gasteiger partial charge in [0, 0.05) is 31.6 Å². The maximum Gasteiger partial charge on any atom is 0.220 e. The summed E-state index contributed by atoms with van der Waals surface area (Å²) in [6.45, 7) is 4.48. The van der Waals surface area contributed by atoms with E-state index in [9.17, 15) is 5.11 Å². The molecule has 0 amide bonds. The number of aryl methyl sites for hydroxylation is 1. The van der Waals surface area contributed by atoms with Crippen molar-refractivity contribution in [3.63, 3.8) is 0 Å². The Morgan fingerprint density at radius 2 is 2.04 bits per heavy atom. The van der Waals surface area contributed by atoms with Crippen LogP contribution >= 0.6 is 0 Å². The molecule has 0 spiro atoms. The molecule has 134 valence electrons. The predicted octanol–water partition coefficient (Wildman–Crippen LogP) is 1.85. The first-order chi connectivity index (χ1) is 12.2. The Hall–Kier alpha value is -2.18. The molecule has 0 radical (unpaired) electrons. The van der Waals surface area contributed by atoms with Gasteiger partial charge in [-0.1, -0.05) is 19.1 Å². The molecule has 0 bridgehead atoms. The minimum Gasteiger partial charge on any atom is -0.491 e. The minimum absolute atomic E-state index is 0.275. The number of hydrogen-bond acceptors (Lipinski definition) is 6. The van der Waals surface area contributed by atoms with Crippen LogP contribution in [0.15, 0.2) is 30.6 Å². The lowest BCUT2D eigenvalue weighted by atomic mass is 10.1. The van der Waals surface area contributed by atoms with Gasteiger partial charge in [0.05, 0.1) is 12.8 Å². The molecular weight excluding hydrogens is 318 g/mol. The second-order valence-corrected chi connectivity index (χ2v) is 6.26. The fraction of sp³-hybridized carbons (Fsp3) is 0.474. The van der Waals surface area contributed by atoms with Gasteiger partial charge in [0.15, 0.2) is 0 Å². The van der Waals surface area contributed by atoms with Gasteiger partial charge in [-0.15, -0.1) is 0 Å². The number of aliphatic hydroxyl groups excluding tert-OH is 1. The maximum atomic E-state index is 10.3. The molecule has 25 heavy (non-hydrogen) atoms. The van der Waals surface area contributed by atoms with Crippen LogP contribution in [-0.4, -0.2) is 52.9 Å². The molecule has 1 aliphatic heterocycles. The SMILES string of the molecule is CCc1ccc(OCC(O)CN2CCc3ncnc(OC)c3C2)cc1. The van der Waals surface area contributed by atoms with E-state index in [-0.39, 0.29) is 6.61 Å². The fourth-order valence-corrected chi connectivity index (χ4v) is 3.07. The third kappa shape index (κ3) is 4.46. The van der Waals surface area contributed by atoms with Crippen molar-refractivity contribution in [3.05, 3.63) is 47.4 Å². The van der Waals surface area contributed by atoms with Gasteiger partial charge in [0.1, 0.15) is 24.8 Å². The highest BCUT2D eigenvalue weighted by Gasteiger charge is 2.23. The van der Waals surface area contributed by atoms with Crippen molar-refractivity contribution in [1.29, 1.82) is 0 Å². The summed E-state index contributed by atoms with van der Waals surface area (Å²) in [5.41, 5.74) is 3.32. The van der Waals surface area contributed by atoms with E-state index >= 15 is 0 Å². The minimum atomic E-state index is -0.553. The highest BCUT2D eigenvalue weighted by atomic mass is 16.5. The van der Waals surface area contributed by atoms with E-state index in [0.29, 0.717) is 19.0 Å². The van der Waals surface area contributed by atoms with Crippen molar-refractivity contribution in [2.24, 2.45) is 0 Å². The van der Waals surface area contributed by atoms with Crippen LogP contribution in [0.5, 0.6) is 11.6 Å². The second kappa shape index (κ2) is 8.27. The smallest absolute Gasteiger partial charge is 0.220 e. The van der Waals surface area contributed by atoms with E-state index in [1.807, 2.05) is 12.1 Å². The van der Waals surface area contributed by atoms with Gasteiger partial charge in [-0.05, 0) is 24.1 Å². The van der Waals surface area contributed by atoms with Crippen LogP contribution in [0.25, 0.3) is 0 Å². The van der Waals surface area contributed by atoms with Crippen molar-refractivity contribution < 1.29 is 14.6 Å². The molecule has 1 aliphatic rings. The molecule has 1 unspecified atom stereocenters. The van der Waals surface area contributed by atoms with Gasteiger partial charge < -0.3 is 14.6 Å². The van der Waals surface area contributed by atoms with Crippen LogP contribution in [-0.2, 0) is 19.4 Å². The molecule has 1 N–H and O–H groups in total.